The van der Waals surface area contributed by atoms with Crippen molar-refractivity contribution in [1.82, 2.24) is 19.5 Å². The second kappa shape index (κ2) is 5.73. The summed E-state index contributed by atoms with van der Waals surface area (Å²) in [5.74, 6) is 0.130. The zero-order valence-electron chi connectivity index (χ0n) is 12.6. The molecule has 0 aliphatic heterocycles. The van der Waals surface area contributed by atoms with Crippen LogP contribution in [0.1, 0.15) is 5.56 Å². The third-order valence-electron chi connectivity index (χ3n) is 3.80. The molecule has 2 aromatic heterocycles. The molecule has 24 heavy (non-hydrogen) atoms. The van der Waals surface area contributed by atoms with Gasteiger partial charge in [-0.05, 0) is 29.8 Å². The Bertz CT molecular complexity index is 1050. The molecule has 0 saturated heterocycles. The topological polar surface area (TPSA) is 63.6 Å². The van der Waals surface area contributed by atoms with Gasteiger partial charge in [0.25, 0.3) is 0 Å². The minimum Gasteiger partial charge on any atom is -0.303 e. The monoisotopic (exact) mass is 320 g/mol. The molecule has 0 aliphatic carbocycles. The van der Waals surface area contributed by atoms with Gasteiger partial charge in [0.05, 0.1) is 12.7 Å². The molecule has 2 heterocycles. The van der Waals surface area contributed by atoms with E-state index in [0.717, 1.165) is 5.56 Å². The highest BCUT2D eigenvalue weighted by molar-refractivity contribution is 5.72. The summed E-state index contributed by atoms with van der Waals surface area (Å²) >= 11 is 0. The van der Waals surface area contributed by atoms with Crippen LogP contribution in [0.15, 0.2) is 65.6 Å². The van der Waals surface area contributed by atoms with E-state index in [2.05, 4.69) is 15.0 Å². The number of hydrogen-bond acceptors (Lipinski definition) is 3. The van der Waals surface area contributed by atoms with E-state index in [0.29, 0.717) is 29.1 Å². The fourth-order valence-corrected chi connectivity index (χ4v) is 2.60. The van der Waals surface area contributed by atoms with Crippen molar-refractivity contribution in [3.8, 4) is 11.4 Å². The first-order chi connectivity index (χ1) is 11.7. The van der Waals surface area contributed by atoms with Crippen LogP contribution in [-0.4, -0.2) is 19.5 Å². The summed E-state index contributed by atoms with van der Waals surface area (Å²) < 4.78 is 14.6. The Kier molecular flexibility index (Phi) is 3.42. The molecule has 1 N–H and O–H groups in total. The van der Waals surface area contributed by atoms with Crippen LogP contribution in [0.3, 0.4) is 0 Å². The van der Waals surface area contributed by atoms with Gasteiger partial charge in [-0.25, -0.2) is 19.2 Å². The zero-order valence-corrected chi connectivity index (χ0v) is 12.6. The maximum atomic E-state index is 13.1. The Labute approximate surface area is 136 Å². The van der Waals surface area contributed by atoms with Gasteiger partial charge in [-0.3, -0.25) is 4.57 Å². The number of hydrogen-bond donors (Lipinski definition) is 1. The Morgan fingerprint density at radius 1 is 1.04 bits per heavy atom. The van der Waals surface area contributed by atoms with E-state index in [1.807, 2.05) is 30.3 Å². The summed E-state index contributed by atoms with van der Waals surface area (Å²) in [6, 6.07) is 15.6. The van der Waals surface area contributed by atoms with Crippen molar-refractivity contribution in [1.29, 1.82) is 0 Å². The van der Waals surface area contributed by atoms with Gasteiger partial charge in [0, 0.05) is 5.56 Å². The van der Waals surface area contributed by atoms with Crippen molar-refractivity contribution in [2.24, 2.45) is 0 Å². The number of imidazole rings is 1. The van der Waals surface area contributed by atoms with Crippen LogP contribution in [0, 0.1) is 5.82 Å². The molecule has 0 aliphatic rings. The first kappa shape index (κ1) is 14.3. The molecule has 0 bridgehead atoms. The zero-order chi connectivity index (χ0) is 16.5. The number of rotatable bonds is 3. The predicted molar refractivity (Wildman–Crippen MR) is 89.1 cm³/mol. The lowest BCUT2D eigenvalue weighted by Crippen LogP contribution is -2.17. The van der Waals surface area contributed by atoms with E-state index in [1.54, 1.807) is 22.9 Å². The molecule has 4 rings (SSSR count). The first-order valence-electron chi connectivity index (χ1n) is 7.46. The van der Waals surface area contributed by atoms with Crippen molar-refractivity contribution in [3.05, 3.63) is 82.7 Å². The number of aromatic nitrogens is 4. The van der Waals surface area contributed by atoms with Gasteiger partial charge in [0.1, 0.15) is 11.3 Å². The van der Waals surface area contributed by atoms with Crippen LogP contribution >= 0.6 is 0 Å². The Morgan fingerprint density at radius 3 is 2.54 bits per heavy atom. The molecule has 0 unspecified atom stereocenters. The largest absolute Gasteiger partial charge is 0.328 e. The van der Waals surface area contributed by atoms with E-state index >= 15 is 0 Å². The lowest BCUT2D eigenvalue weighted by Gasteiger charge is -2.04. The highest BCUT2D eigenvalue weighted by Crippen LogP contribution is 2.18. The molecular formula is C18H13FN4O. The predicted octanol–water partition coefficient (Wildman–Crippen LogP) is 2.97. The van der Waals surface area contributed by atoms with E-state index in [-0.39, 0.29) is 11.5 Å². The fourth-order valence-electron chi connectivity index (χ4n) is 2.60. The summed E-state index contributed by atoms with van der Waals surface area (Å²) in [5.41, 5.74) is 2.56. The lowest BCUT2D eigenvalue weighted by atomic mass is 10.2. The number of nitrogens with zero attached hydrogens (tertiary/aromatic N) is 3. The van der Waals surface area contributed by atoms with Crippen LogP contribution in [0.2, 0.25) is 0 Å². The molecule has 0 spiro atoms. The maximum absolute atomic E-state index is 13.1. The fraction of sp³-hybridized carbons (Fsp3) is 0.0556. The Morgan fingerprint density at radius 2 is 1.79 bits per heavy atom. The van der Waals surface area contributed by atoms with Crippen molar-refractivity contribution in [2.75, 3.05) is 0 Å². The molecule has 0 saturated carbocycles. The first-order valence-corrected chi connectivity index (χ1v) is 7.46. The smallest absolute Gasteiger partial charge is 0.303 e. The van der Waals surface area contributed by atoms with Gasteiger partial charge in [-0.2, -0.15) is 0 Å². The van der Waals surface area contributed by atoms with E-state index in [1.165, 1.54) is 12.1 Å². The molecule has 118 valence electrons. The second-order valence-corrected chi connectivity index (χ2v) is 5.44. The number of aromatic amines is 1. The van der Waals surface area contributed by atoms with E-state index in [9.17, 15) is 9.18 Å². The van der Waals surface area contributed by atoms with E-state index in [4.69, 9.17) is 0 Å². The number of fused-ring (bicyclic) bond motifs is 1. The van der Waals surface area contributed by atoms with Gasteiger partial charge >= 0.3 is 5.69 Å². The summed E-state index contributed by atoms with van der Waals surface area (Å²) in [6.45, 7) is 0.416. The van der Waals surface area contributed by atoms with Gasteiger partial charge in [0.2, 0.25) is 0 Å². The average Bonchev–Trinajstić information content (AvgIpc) is 2.91. The van der Waals surface area contributed by atoms with Crippen LogP contribution in [-0.2, 0) is 6.54 Å². The van der Waals surface area contributed by atoms with Crippen molar-refractivity contribution < 1.29 is 4.39 Å². The average molecular weight is 320 g/mol. The molecule has 5 nitrogen and oxygen atoms in total. The summed E-state index contributed by atoms with van der Waals surface area (Å²) in [6.07, 6.45) is 1.57. The molecule has 2 aromatic carbocycles. The van der Waals surface area contributed by atoms with Crippen molar-refractivity contribution >= 4 is 11.2 Å². The van der Waals surface area contributed by atoms with Gasteiger partial charge in [0.15, 0.2) is 11.5 Å². The van der Waals surface area contributed by atoms with E-state index < -0.39 is 0 Å². The number of H-pyrrole nitrogens is 1. The van der Waals surface area contributed by atoms with Gasteiger partial charge in [-0.1, -0.05) is 30.3 Å². The minimum absolute atomic E-state index is 0.237. The van der Waals surface area contributed by atoms with Crippen LogP contribution in [0.5, 0.6) is 0 Å². The third-order valence-corrected chi connectivity index (χ3v) is 3.80. The normalized spacial score (nSPS) is 11.0. The number of benzene rings is 2. The van der Waals surface area contributed by atoms with Gasteiger partial charge in [-0.15, -0.1) is 0 Å². The summed E-state index contributed by atoms with van der Waals surface area (Å²) in [7, 11) is 0. The summed E-state index contributed by atoms with van der Waals surface area (Å²) in [4.78, 5) is 23.7. The summed E-state index contributed by atoms with van der Waals surface area (Å²) in [5, 5.41) is 0. The quantitative estimate of drug-likeness (QED) is 0.631. The van der Waals surface area contributed by atoms with Gasteiger partial charge < -0.3 is 4.98 Å². The molecule has 0 amide bonds. The molecule has 0 fully saturated rings. The van der Waals surface area contributed by atoms with Crippen molar-refractivity contribution in [3.63, 3.8) is 0 Å². The number of nitrogens with one attached hydrogen (secondary N) is 1. The van der Waals surface area contributed by atoms with Crippen LogP contribution < -0.4 is 5.69 Å². The minimum atomic E-state index is -0.317. The SMILES string of the molecule is O=c1[nH]c2cnc(-c3ccc(F)cc3)nc2n1Cc1ccccc1. The Hall–Kier alpha value is -3.28. The molecule has 0 atom stereocenters. The van der Waals surface area contributed by atoms with Crippen LogP contribution in [0.25, 0.3) is 22.6 Å². The lowest BCUT2D eigenvalue weighted by molar-refractivity contribution is 0.628. The molecular weight excluding hydrogens is 307 g/mol. The molecule has 4 aromatic rings. The molecule has 6 heteroatoms. The third kappa shape index (κ3) is 2.58. The maximum Gasteiger partial charge on any atom is 0.328 e. The standard InChI is InChI=1S/C18H13FN4O/c19-14-8-6-13(7-9-14)16-20-10-15-17(22-16)23(18(24)21-15)11-12-4-2-1-3-5-12/h1-10H,11H2,(H,21,24). The van der Waals surface area contributed by atoms with Crippen LogP contribution in [0.4, 0.5) is 4.39 Å². The highest BCUT2D eigenvalue weighted by atomic mass is 19.1. The second-order valence-electron chi connectivity index (χ2n) is 5.44. The Balaban J connectivity index is 1.82. The molecule has 0 radical (unpaired) electrons. The highest BCUT2D eigenvalue weighted by Gasteiger charge is 2.11. The number of halogens is 1. The van der Waals surface area contributed by atoms with Crippen molar-refractivity contribution in [2.45, 2.75) is 6.54 Å².